The number of nitrogens with one attached hydrogen (secondary N) is 1. The molecule has 0 radical (unpaired) electrons. The number of likely N-dealkylation sites (N-methyl/N-ethyl adjacent to an activating group) is 1. The van der Waals surface area contributed by atoms with Gasteiger partial charge in [0.05, 0.1) is 0 Å². The monoisotopic (exact) mass is 446 g/mol. The van der Waals surface area contributed by atoms with Crippen LogP contribution in [0.15, 0.2) is 53.0 Å². The number of benzene rings is 2. The molecule has 0 fully saturated rings. The third kappa shape index (κ3) is 6.09. The smallest absolute Gasteiger partial charge is 0.261 e. The first-order valence-corrected chi connectivity index (χ1v) is 10.3. The van der Waals surface area contributed by atoms with Crippen LogP contribution < -0.4 is 10.1 Å². The van der Waals surface area contributed by atoms with Crippen molar-refractivity contribution in [1.29, 1.82) is 0 Å². The van der Waals surface area contributed by atoms with Crippen molar-refractivity contribution in [3.8, 4) is 5.75 Å². The van der Waals surface area contributed by atoms with Gasteiger partial charge in [-0.25, -0.2) is 0 Å². The van der Waals surface area contributed by atoms with Crippen LogP contribution in [0.4, 0.5) is 0 Å². The van der Waals surface area contributed by atoms with Gasteiger partial charge in [0.1, 0.15) is 11.8 Å². The number of aryl methyl sites for hydroxylation is 1. The summed E-state index contributed by atoms with van der Waals surface area (Å²) < 4.78 is 6.60. The van der Waals surface area contributed by atoms with E-state index in [4.69, 9.17) is 4.74 Å². The van der Waals surface area contributed by atoms with E-state index < -0.39 is 6.04 Å². The van der Waals surface area contributed by atoms with E-state index in [-0.39, 0.29) is 18.4 Å². The quantitative estimate of drug-likeness (QED) is 0.630. The van der Waals surface area contributed by atoms with Gasteiger partial charge >= 0.3 is 0 Å². The average Bonchev–Trinajstić information content (AvgIpc) is 2.69. The van der Waals surface area contributed by atoms with E-state index in [1.165, 1.54) is 0 Å². The second kappa shape index (κ2) is 10.9. The summed E-state index contributed by atoms with van der Waals surface area (Å²) in [6, 6.07) is 14.6. The largest absolute Gasteiger partial charge is 0.484 e. The van der Waals surface area contributed by atoms with Gasteiger partial charge in [0.25, 0.3) is 5.91 Å². The van der Waals surface area contributed by atoms with E-state index in [0.29, 0.717) is 25.3 Å². The van der Waals surface area contributed by atoms with Gasteiger partial charge in [-0.3, -0.25) is 9.59 Å². The Bertz CT molecular complexity index is 793. The number of carbonyl (C=O) groups excluding carboxylic acids is 2. The zero-order chi connectivity index (χ0) is 20.5. The predicted octanol–water partition coefficient (Wildman–Crippen LogP) is 4.08. The van der Waals surface area contributed by atoms with Crippen molar-refractivity contribution in [1.82, 2.24) is 10.2 Å². The SMILES string of the molecule is CCNC(=O)[C@H](CC)N(Cc1ccccc1C)C(=O)COc1ccc(Br)cc1. The van der Waals surface area contributed by atoms with Gasteiger partial charge in [0.15, 0.2) is 6.61 Å². The highest BCUT2D eigenvalue weighted by molar-refractivity contribution is 9.10. The molecule has 0 aliphatic carbocycles. The zero-order valence-electron chi connectivity index (χ0n) is 16.6. The van der Waals surface area contributed by atoms with E-state index in [0.717, 1.165) is 15.6 Å². The van der Waals surface area contributed by atoms with Crippen LogP contribution in [0.5, 0.6) is 5.75 Å². The zero-order valence-corrected chi connectivity index (χ0v) is 18.2. The van der Waals surface area contributed by atoms with Crippen LogP contribution in [0.25, 0.3) is 0 Å². The molecule has 1 atom stereocenters. The fourth-order valence-electron chi connectivity index (χ4n) is 2.94. The standard InChI is InChI=1S/C22H27BrN2O3/c1-4-20(22(27)24-5-2)25(14-17-9-7-6-8-16(17)3)21(26)15-28-19-12-10-18(23)11-13-19/h6-13,20H,4-5,14-15H2,1-3H3,(H,24,27)/t20-/m0/s1. The minimum atomic E-state index is -0.541. The van der Waals surface area contributed by atoms with E-state index in [2.05, 4.69) is 21.2 Å². The van der Waals surface area contributed by atoms with Crippen LogP contribution in [0.2, 0.25) is 0 Å². The molecule has 5 nitrogen and oxygen atoms in total. The highest BCUT2D eigenvalue weighted by Crippen LogP contribution is 2.18. The third-order valence-electron chi connectivity index (χ3n) is 4.51. The first kappa shape index (κ1) is 22.0. The lowest BCUT2D eigenvalue weighted by Crippen LogP contribution is -2.50. The molecular formula is C22H27BrN2O3. The molecule has 150 valence electrons. The normalized spacial score (nSPS) is 11.6. The molecule has 0 aliphatic rings. The summed E-state index contributed by atoms with van der Waals surface area (Å²) in [5.41, 5.74) is 2.10. The summed E-state index contributed by atoms with van der Waals surface area (Å²) in [6.07, 6.45) is 0.530. The average molecular weight is 447 g/mol. The summed E-state index contributed by atoms with van der Waals surface area (Å²) >= 11 is 3.38. The fourth-order valence-corrected chi connectivity index (χ4v) is 3.21. The van der Waals surface area contributed by atoms with E-state index in [1.54, 1.807) is 17.0 Å². The topological polar surface area (TPSA) is 58.6 Å². The Morgan fingerprint density at radius 2 is 1.79 bits per heavy atom. The fraction of sp³-hybridized carbons (Fsp3) is 0.364. The highest BCUT2D eigenvalue weighted by Gasteiger charge is 2.28. The van der Waals surface area contributed by atoms with Gasteiger partial charge in [-0.15, -0.1) is 0 Å². The second-order valence-electron chi connectivity index (χ2n) is 6.51. The summed E-state index contributed by atoms with van der Waals surface area (Å²) in [5, 5.41) is 2.83. The summed E-state index contributed by atoms with van der Waals surface area (Å²) in [5.74, 6) is 0.248. The van der Waals surface area contributed by atoms with Crippen LogP contribution in [-0.4, -0.2) is 35.9 Å². The third-order valence-corrected chi connectivity index (χ3v) is 5.04. The number of rotatable bonds is 9. The molecule has 0 aliphatic heterocycles. The Morgan fingerprint density at radius 3 is 2.39 bits per heavy atom. The molecule has 0 saturated heterocycles. The van der Waals surface area contributed by atoms with Crippen LogP contribution >= 0.6 is 15.9 Å². The van der Waals surface area contributed by atoms with Crippen molar-refractivity contribution >= 4 is 27.7 Å². The van der Waals surface area contributed by atoms with Gasteiger partial charge in [0, 0.05) is 17.6 Å². The number of halogens is 1. The minimum absolute atomic E-state index is 0.122. The maximum atomic E-state index is 13.0. The van der Waals surface area contributed by atoms with Crippen LogP contribution in [0.3, 0.4) is 0 Å². The van der Waals surface area contributed by atoms with E-state index >= 15 is 0 Å². The number of amides is 2. The first-order chi connectivity index (χ1) is 13.5. The molecule has 2 rings (SSSR count). The van der Waals surface area contributed by atoms with Crippen molar-refractivity contribution < 1.29 is 14.3 Å². The lowest BCUT2D eigenvalue weighted by molar-refractivity contribution is -0.142. The Balaban J connectivity index is 2.20. The van der Waals surface area contributed by atoms with Crippen molar-refractivity contribution in [3.05, 3.63) is 64.1 Å². The van der Waals surface area contributed by atoms with E-state index in [9.17, 15) is 9.59 Å². The minimum Gasteiger partial charge on any atom is -0.484 e. The van der Waals surface area contributed by atoms with Crippen molar-refractivity contribution in [3.63, 3.8) is 0 Å². The van der Waals surface area contributed by atoms with E-state index in [1.807, 2.05) is 57.2 Å². The lowest BCUT2D eigenvalue weighted by Gasteiger charge is -2.31. The molecule has 28 heavy (non-hydrogen) atoms. The Morgan fingerprint density at radius 1 is 1.11 bits per heavy atom. The number of nitrogens with zero attached hydrogens (tertiary/aromatic N) is 1. The van der Waals surface area contributed by atoms with Crippen LogP contribution in [0, 0.1) is 6.92 Å². The summed E-state index contributed by atoms with van der Waals surface area (Å²) in [4.78, 5) is 27.2. The molecule has 2 aromatic rings. The molecule has 1 N–H and O–H groups in total. The number of ether oxygens (including phenoxy) is 1. The number of hydrogen-bond donors (Lipinski definition) is 1. The van der Waals surface area contributed by atoms with Crippen molar-refractivity contribution in [2.24, 2.45) is 0 Å². The molecule has 2 amide bonds. The number of carbonyl (C=O) groups is 2. The molecule has 0 bridgehead atoms. The van der Waals surface area contributed by atoms with Crippen molar-refractivity contribution in [2.45, 2.75) is 39.8 Å². The van der Waals surface area contributed by atoms with Crippen molar-refractivity contribution in [2.75, 3.05) is 13.2 Å². The molecule has 0 saturated carbocycles. The Labute approximate surface area is 175 Å². The van der Waals surface area contributed by atoms with Crippen LogP contribution in [0.1, 0.15) is 31.4 Å². The predicted molar refractivity (Wildman–Crippen MR) is 114 cm³/mol. The molecule has 0 spiro atoms. The molecule has 2 aromatic carbocycles. The molecular weight excluding hydrogens is 420 g/mol. The van der Waals surface area contributed by atoms with Gasteiger partial charge in [0.2, 0.25) is 5.91 Å². The van der Waals surface area contributed by atoms with Gasteiger partial charge < -0.3 is 15.0 Å². The summed E-state index contributed by atoms with van der Waals surface area (Å²) in [7, 11) is 0. The molecule has 0 unspecified atom stereocenters. The first-order valence-electron chi connectivity index (χ1n) is 9.46. The maximum absolute atomic E-state index is 13.0. The Hall–Kier alpha value is -2.34. The maximum Gasteiger partial charge on any atom is 0.261 e. The van der Waals surface area contributed by atoms with Crippen LogP contribution in [-0.2, 0) is 16.1 Å². The number of hydrogen-bond acceptors (Lipinski definition) is 3. The lowest BCUT2D eigenvalue weighted by atomic mass is 10.1. The van der Waals surface area contributed by atoms with Gasteiger partial charge in [-0.2, -0.15) is 0 Å². The molecule has 6 heteroatoms. The van der Waals surface area contributed by atoms with Gasteiger partial charge in [-0.1, -0.05) is 47.1 Å². The Kier molecular flexibility index (Phi) is 8.51. The summed E-state index contributed by atoms with van der Waals surface area (Å²) in [6.45, 7) is 6.55. The molecule has 0 heterocycles. The molecule has 0 aromatic heterocycles. The highest BCUT2D eigenvalue weighted by atomic mass is 79.9. The second-order valence-corrected chi connectivity index (χ2v) is 7.43. The van der Waals surface area contributed by atoms with Gasteiger partial charge in [-0.05, 0) is 55.7 Å².